The molecule has 6 rings (SSSR count). The van der Waals surface area contributed by atoms with Crippen LogP contribution in [0.5, 0.6) is 5.75 Å². The quantitative estimate of drug-likeness (QED) is 0.135. The number of nitrogens with zero attached hydrogens (tertiary/aromatic N) is 2. The van der Waals surface area contributed by atoms with Crippen LogP contribution >= 0.6 is 0 Å². The number of anilines is 1. The van der Waals surface area contributed by atoms with Crippen LogP contribution in [0.25, 0.3) is 16.7 Å². The standard InChI is InChI=1S/C36H32N2O4/c1-22-14-16-27(19-23(22)2)38-33(29-20-37(4)30-13-9-8-12-28(29)30)32(35(40)36(38)41)34(39)26-15-17-31(24(3)18-26)42-21-25-10-6-5-7-11-25/h5-20,33,39H,21H2,1-4H3/b34-32+. The Morgan fingerprint density at radius 2 is 1.57 bits per heavy atom. The Labute approximate surface area is 245 Å². The molecular weight excluding hydrogens is 524 g/mol. The van der Waals surface area contributed by atoms with Crippen molar-refractivity contribution in [1.82, 2.24) is 4.57 Å². The summed E-state index contributed by atoms with van der Waals surface area (Å²) in [6, 6.07) is 28.0. The number of amides is 1. The Bertz CT molecular complexity index is 1880. The van der Waals surface area contributed by atoms with E-state index in [0.717, 1.165) is 38.7 Å². The number of aryl methyl sites for hydroxylation is 4. The highest BCUT2D eigenvalue weighted by atomic mass is 16.5. The van der Waals surface area contributed by atoms with Crippen LogP contribution in [0.1, 0.15) is 39.4 Å². The van der Waals surface area contributed by atoms with Gasteiger partial charge in [-0.25, -0.2) is 0 Å². The predicted octanol–water partition coefficient (Wildman–Crippen LogP) is 7.31. The molecule has 4 aromatic carbocycles. The summed E-state index contributed by atoms with van der Waals surface area (Å²) in [6.45, 7) is 6.29. The molecule has 42 heavy (non-hydrogen) atoms. The van der Waals surface area contributed by atoms with Gasteiger partial charge < -0.3 is 14.4 Å². The Hall–Kier alpha value is -5.10. The van der Waals surface area contributed by atoms with Gasteiger partial charge in [-0.3, -0.25) is 14.5 Å². The van der Waals surface area contributed by atoms with Gasteiger partial charge in [0.15, 0.2) is 0 Å². The Kier molecular flexibility index (Phi) is 6.91. The van der Waals surface area contributed by atoms with E-state index in [1.165, 1.54) is 4.90 Å². The Balaban J connectivity index is 1.48. The summed E-state index contributed by atoms with van der Waals surface area (Å²) in [5, 5.41) is 12.6. The smallest absolute Gasteiger partial charge is 0.300 e. The zero-order chi connectivity index (χ0) is 29.5. The van der Waals surface area contributed by atoms with Crippen LogP contribution in [0.4, 0.5) is 5.69 Å². The third-order valence-corrected chi connectivity index (χ3v) is 8.12. The van der Waals surface area contributed by atoms with Crippen molar-refractivity contribution < 1.29 is 19.4 Å². The maximum Gasteiger partial charge on any atom is 0.300 e. The Morgan fingerprint density at radius 3 is 2.31 bits per heavy atom. The van der Waals surface area contributed by atoms with Gasteiger partial charge in [0, 0.05) is 41.0 Å². The normalized spacial score (nSPS) is 16.4. The van der Waals surface area contributed by atoms with Crippen LogP contribution in [0.3, 0.4) is 0 Å². The number of ketones is 1. The predicted molar refractivity (Wildman–Crippen MR) is 166 cm³/mol. The average molecular weight is 557 g/mol. The van der Waals surface area contributed by atoms with Crippen molar-refractivity contribution in [2.45, 2.75) is 33.4 Å². The lowest BCUT2D eigenvalue weighted by Crippen LogP contribution is -2.29. The molecule has 0 aliphatic carbocycles. The van der Waals surface area contributed by atoms with Gasteiger partial charge in [-0.15, -0.1) is 0 Å². The van der Waals surface area contributed by atoms with E-state index in [-0.39, 0.29) is 11.3 Å². The van der Waals surface area contributed by atoms with Crippen LogP contribution in [-0.2, 0) is 23.2 Å². The summed E-state index contributed by atoms with van der Waals surface area (Å²) < 4.78 is 8.01. The number of rotatable bonds is 6. The van der Waals surface area contributed by atoms with Gasteiger partial charge in [-0.1, -0.05) is 54.6 Å². The first-order valence-corrected chi connectivity index (χ1v) is 13.9. The minimum Gasteiger partial charge on any atom is -0.507 e. The van der Waals surface area contributed by atoms with Crippen molar-refractivity contribution in [3.63, 3.8) is 0 Å². The van der Waals surface area contributed by atoms with E-state index in [2.05, 4.69) is 0 Å². The molecule has 1 saturated heterocycles. The summed E-state index contributed by atoms with van der Waals surface area (Å²) in [7, 11) is 1.94. The lowest BCUT2D eigenvalue weighted by atomic mass is 9.94. The van der Waals surface area contributed by atoms with Crippen molar-refractivity contribution in [1.29, 1.82) is 0 Å². The minimum absolute atomic E-state index is 0.0620. The highest BCUT2D eigenvalue weighted by Gasteiger charge is 2.48. The number of para-hydroxylation sites is 1. The van der Waals surface area contributed by atoms with Crippen molar-refractivity contribution in [3.05, 3.63) is 136 Å². The number of aromatic nitrogens is 1. The largest absolute Gasteiger partial charge is 0.507 e. The molecule has 1 aromatic heterocycles. The van der Waals surface area contributed by atoms with Gasteiger partial charge in [-0.05, 0) is 79.4 Å². The first kappa shape index (κ1) is 27.1. The van der Waals surface area contributed by atoms with Gasteiger partial charge >= 0.3 is 0 Å². The highest BCUT2D eigenvalue weighted by molar-refractivity contribution is 6.52. The number of aliphatic hydroxyl groups excluding tert-OH is 1. The van der Waals surface area contributed by atoms with Crippen molar-refractivity contribution in [3.8, 4) is 5.75 Å². The third-order valence-electron chi connectivity index (χ3n) is 8.12. The Morgan fingerprint density at radius 1 is 0.833 bits per heavy atom. The van der Waals surface area contributed by atoms with Gasteiger partial charge in [0.2, 0.25) is 0 Å². The summed E-state index contributed by atoms with van der Waals surface area (Å²) in [5.41, 5.74) is 6.80. The fraction of sp³-hybridized carbons (Fsp3) is 0.167. The number of hydrogen-bond donors (Lipinski definition) is 1. The molecule has 0 bridgehead atoms. The topological polar surface area (TPSA) is 71.8 Å². The van der Waals surface area contributed by atoms with E-state index < -0.39 is 17.7 Å². The lowest BCUT2D eigenvalue weighted by Gasteiger charge is -2.25. The summed E-state index contributed by atoms with van der Waals surface area (Å²) in [6.07, 6.45) is 1.94. The molecule has 1 aliphatic rings. The van der Waals surface area contributed by atoms with Crippen molar-refractivity contribution >= 4 is 34.0 Å². The van der Waals surface area contributed by atoms with E-state index in [4.69, 9.17) is 4.74 Å². The number of Topliss-reactive ketones (excluding diaryl/α,β-unsaturated/α-hetero) is 1. The van der Waals surface area contributed by atoms with E-state index in [0.29, 0.717) is 23.6 Å². The fourth-order valence-corrected chi connectivity index (χ4v) is 5.71. The number of benzene rings is 4. The first-order chi connectivity index (χ1) is 20.2. The van der Waals surface area contributed by atoms with E-state index >= 15 is 0 Å². The van der Waals surface area contributed by atoms with Crippen molar-refractivity contribution in [2.75, 3.05) is 4.90 Å². The number of hydrogen-bond acceptors (Lipinski definition) is 4. The van der Waals surface area contributed by atoms with Crippen LogP contribution in [0.15, 0.2) is 103 Å². The van der Waals surface area contributed by atoms with Gasteiger partial charge in [0.05, 0.1) is 11.6 Å². The van der Waals surface area contributed by atoms with Crippen LogP contribution < -0.4 is 9.64 Å². The zero-order valence-corrected chi connectivity index (χ0v) is 24.1. The third kappa shape index (κ3) is 4.65. The summed E-state index contributed by atoms with van der Waals surface area (Å²) in [5.74, 6) is -0.921. The highest BCUT2D eigenvalue weighted by Crippen LogP contribution is 2.45. The molecule has 0 spiro atoms. The van der Waals surface area contributed by atoms with Crippen LogP contribution in [0.2, 0.25) is 0 Å². The molecule has 1 fully saturated rings. The molecule has 0 saturated carbocycles. The number of carbonyl (C=O) groups is 2. The molecular formula is C36H32N2O4. The second-order valence-corrected chi connectivity index (χ2v) is 10.9. The molecule has 2 heterocycles. The number of carbonyl (C=O) groups excluding carboxylic acids is 2. The number of ether oxygens (including phenoxy) is 1. The molecule has 1 atom stereocenters. The second-order valence-electron chi connectivity index (χ2n) is 10.9. The van der Waals surface area contributed by atoms with Crippen LogP contribution in [0, 0.1) is 20.8 Å². The van der Waals surface area contributed by atoms with Gasteiger partial charge in [-0.2, -0.15) is 0 Å². The summed E-state index contributed by atoms with van der Waals surface area (Å²) >= 11 is 0. The molecule has 1 aliphatic heterocycles. The SMILES string of the molecule is Cc1ccc(N2C(=O)C(=O)/C(=C(/O)c3ccc(OCc4ccccc4)c(C)c3)C2c2cn(C)c3ccccc23)cc1C. The monoisotopic (exact) mass is 556 g/mol. The van der Waals surface area contributed by atoms with Gasteiger partial charge in [0.1, 0.15) is 18.1 Å². The molecule has 5 aromatic rings. The maximum absolute atomic E-state index is 13.8. The molecule has 0 radical (unpaired) electrons. The first-order valence-electron chi connectivity index (χ1n) is 13.9. The maximum atomic E-state index is 13.8. The number of fused-ring (bicyclic) bond motifs is 1. The second kappa shape index (κ2) is 10.7. The van der Waals surface area contributed by atoms with E-state index in [1.807, 2.05) is 111 Å². The molecule has 6 heteroatoms. The lowest BCUT2D eigenvalue weighted by molar-refractivity contribution is -0.132. The molecule has 1 N–H and O–H groups in total. The summed E-state index contributed by atoms with van der Waals surface area (Å²) in [4.78, 5) is 29.0. The molecule has 1 unspecified atom stereocenters. The molecule has 6 nitrogen and oxygen atoms in total. The minimum atomic E-state index is -0.812. The molecule has 210 valence electrons. The van der Waals surface area contributed by atoms with Gasteiger partial charge in [0.25, 0.3) is 11.7 Å². The van der Waals surface area contributed by atoms with E-state index in [1.54, 1.807) is 18.2 Å². The van der Waals surface area contributed by atoms with Crippen LogP contribution in [-0.4, -0.2) is 21.4 Å². The zero-order valence-electron chi connectivity index (χ0n) is 24.1. The average Bonchev–Trinajstić information content (AvgIpc) is 3.46. The van der Waals surface area contributed by atoms with Crippen molar-refractivity contribution in [2.24, 2.45) is 7.05 Å². The fourth-order valence-electron chi connectivity index (χ4n) is 5.71. The van der Waals surface area contributed by atoms with E-state index in [9.17, 15) is 14.7 Å². The molecule has 1 amide bonds. The number of aliphatic hydroxyl groups is 1.